The van der Waals surface area contributed by atoms with E-state index < -0.39 is 0 Å². The second kappa shape index (κ2) is 11.2. The minimum Gasteiger partial charge on any atom is -0.0616 e. The fourth-order valence-electron chi connectivity index (χ4n) is 9.52. The number of hydrogen-bond acceptors (Lipinski definition) is 0. The number of benzene rings is 10. The fraction of sp³-hybridized carbons (Fsp3) is 0.0566. The van der Waals surface area contributed by atoms with Gasteiger partial charge in [0.2, 0.25) is 0 Å². The Morgan fingerprint density at radius 1 is 0.283 bits per heavy atom. The summed E-state index contributed by atoms with van der Waals surface area (Å²) in [6, 6.07) is 67.9. The molecule has 0 aromatic heterocycles. The lowest BCUT2D eigenvalue weighted by Gasteiger charge is -2.22. The highest BCUT2D eigenvalue weighted by molar-refractivity contribution is 6.24. The van der Waals surface area contributed by atoms with Crippen molar-refractivity contribution in [2.45, 2.75) is 19.3 Å². The van der Waals surface area contributed by atoms with Crippen molar-refractivity contribution in [2.24, 2.45) is 0 Å². The van der Waals surface area contributed by atoms with Crippen LogP contribution < -0.4 is 0 Å². The van der Waals surface area contributed by atoms with E-state index in [1.807, 2.05) is 0 Å². The Morgan fingerprint density at radius 3 is 1.51 bits per heavy atom. The first-order chi connectivity index (χ1) is 26.1. The molecule has 0 aliphatic heterocycles. The summed E-state index contributed by atoms with van der Waals surface area (Å²) in [5.41, 5.74) is 13.1. The molecule has 0 nitrogen and oxygen atoms in total. The van der Waals surface area contributed by atoms with Crippen LogP contribution in [0.1, 0.15) is 25.0 Å². The predicted octanol–water partition coefficient (Wildman–Crippen LogP) is 14.8. The smallest absolute Gasteiger partial charge is 0.0159 e. The van der Waals surface area contributed by atoms with Crippen molar-refractivity contribution in [3.63, 3.8) is 0 Å². The van der Waals surface area contributed by atoms with Crippen LogP contribution in [-0.2, 0) is 5.41 Å². The molecular formula is C53H36. The van der Waals surface area contributed by atoms with Crippen LogP contribution >= 0.6 is 0 Å². The molecule has 0 spiro atoms. The average Bonchev–Trinajstić information content (AvgIpc) is 3.44. The molecule has 0 bridgehead atoms. The summed E-state index contributed by atoms with van der Waals surface area (Å²) in [6.07, 6.45) is 0. The van der Waals surface area contributed by atoms with Crippen molar-refractivity contribution >= 4 is 53.9 Å². The summed E-state index contributed by atoms with van der Waals surface area (Å²) < 4.78 is 0. The lowest BCUT2D eigenvalue weighted by Crippen LogP contribution is -2.14. The Labute approximate surface area is 309 Å². The molecule has 0 heteroatoms. The van der Waals surface area contributed by atoms with Crippen LogP contribution in [0.2, 0.25) is 0 Å². The Bertz CT molecular complexity index is 3060. The van der Waals surface area contributed by atoms with E-state index >= 15 is 0 Å². The maximum atomic E-state index is 2.41. The lowest BCUT2D eigenvalue weighted by atomic mass is 9.81. The van der Waals surface area contributed by atoms with Crippen molar-refractivity contribution in [1.29, 1.82) is 0 Å². The molecule has 53 heavy (non-hydrogen) atoms. The highest BCUT2D eigenvalue weighted by Gasteiger charge is 2.37. The van der Waals surface area contributed by atoms with Gasteiger partial charge < -0.3 is 0 Å². The molecule has 0 atom stereocenters. The van der Waals surface area contributed by atoms with Crippen LogP contribution in [-0.4, -0.2) is 0 Å². The van der Waals surface area contributed by atoms with Crippen LogP contribution in [0.25, 0.3) is 98.4 Å². The van der Waals surface area contributed by atoms with Gasteiger partial charge in [0.05, 0.1) is 0 Å². The topological polar surface area (TPSA) is 0 Å². The van der Waals surface area contributed by atoms with Crippen molar-refractivity contribution in [3.8, 4) is 44.5 Å². The molecule has 1 aliphatic carbocycles. The second-order valence-electron chi connectivity index (χ2n) is 15.2. The average molecular weight is 673 g/mol. The molecule has 10 aromatic carbocycles. The molecule has 0 saturated heterocycles. The Kier molecular flexibility index (Phi) is 6.40. The molecule has 0 fully saturated rings. The summed E-state index contributed by atoms with van der Waals surface area (Å²) in [7, 11) is 0. The highest BCUT2D eigenvalue weighted by Crippen LogP contribution is 2.53. The Hall–Kier alpha value is -6.50. The SMILES string of the molecule is CC1(C)c2cc3ccccc3cc2-c2c(-c3ccc(-c4c5ccccc5c(-c5cccc6c5ccc5ccccc56)c5ccccc45)cc3)cccc21. The Balaban J connectivity index is 1.10. The quantitative estimate of drug-likeness (QED) is 0.129. The van der Waals surface area contributed by atoms with Crippen molar-refractivity contribution in [2.75, 3.05) is 0 Å². The molecule has 0 saturated carbocycles. The van der Waals surface area contributed by atoms with E-state index in [9.17, 15) is 0 Å². The van der Waals surface area contributed by atoms with E-state index in [1.165, 1.54) is 109 Å². The first-order valence-electron chi connectivity index (χ1n) is 18.7. The van der Waals surface area contributed by atoms with Gasteiger partial charge in [-0.05, 0) is 122 Å². The van der Waals surface area contributed by atoms with Gasteiger partial charge in [0, 0.05) is 5.41 Å². The molecule has 0 N–H and O–H groups in total. The molecule has 248 valence electrons. The zero-order valence-corrected chi connectivity index (χ0v) is 29.8. The maximum absolute atomic E-state index is 2.41. The second-order valence-corrected chi connectivity index (χ2v) is 15.2. The lowest BCUT2D eigenvalue weighted by molar-refractivity contribution is 0.661. The van der Waals surface area contributed by atoms with Crippen LogP contribution in [0.3, 0.4) is 0 Å². The first kappa shape index (κ1) is 30.2. The fourth-order valence-corrected chi connectivity index (χ4v) is 9.52. The zero-order valence-electron chi connectivity index (χ0n) is 29.8. The molecule has 0 amide bonds. The van der Waals surface area contributed by atoms with Crippen LogP contribution in [0.4, 0.5) is 0 Å². The summed E-state index contributed by atoms with van der Waals surface area (Å²) in [5, 5.41) is 12.8. The summed E-state index contributed by atoms with van der Waals surface area (Å²) >= 11 is 0. The normalized spacial score (nSPS) is 13.2. The molecule has 0 radical (unpaired) electrons. The van der Waals surface area contributed by atoms with Gasteiger partial charge in [0.15, 0.2) is 0 Å². The van der Waals surface area contributed by atoms with E-state index in [4.69, 9.17) is 0 Å². The van der Waals surface area contributed by atoms with Crippen molar-refractivity contribution < 1.29 is 0 Å². The van der Waals surface area contributed by atoms with Gasteiger partial charge in [0.1, 0.15) is 0 Å². The minimum absolute atomic E-state index is 0.0681. The van der Waals surface area contributed by atoms with Crippen molar-refractivity contribution in [3.05, 3.63) is 193 Å². The van der Waals surface area contributed by atoms with Gasteiger partial charge in [0.25, 0.3) is 0 Å². The molecule has 1 aliphatic rings. The third-order valence-electron chi connectivity index (χ3n) is 12.0. The number of hydrogen-bond donors (Lipinski definition) is 0. The highest BCUT2D eigenvalue weighted by atomic mass is 14.4. The predicted molar refractivity (Wildman–Crippen MR) is 228 cm³/mol. The summed E-state index contributed by atoms with van der Waals surface area (Å²) in [5.74, 6) is 0. The van der Waals surface area contributed by atoms with E-state index in [2.05, 4.69) is 196 Å². The molecule has 11 rings (SSSR count). The van der Waals surface area contributed by atoms with Crippen molar-refractivity contribution in [1.82, 2.24) is 0 Å². The van der Waals surface area contributed by atoms with Gasteiger partial charge in [-0.1, -0.05) is 184 Å². The third-order valence-corrected chi connectivity index (χ3v) is 12.0. The molecular weight excluding hydrogens is 637 g/mol. The van der Waals surface area contributed by atoms with Crippen LogP contribution in [0.5, 0.6) is 0 Å². The summed E-state index contributed by atoms with van der Waals surface area (Å²) in [6.45, 7) is 4.75. The maximum Gasteiger partial charge on any atom is 0.0159 e. The van der Waals surface area contributed by atoms with Gasteiger partial charge in [-0.3, -0.25) is 0 Å². The van der Waals surface area contributed by atoms with Gasteiger partial charge in [-0.25, -0.2) is 0 Å². The van der Waals surface area contributed by atoms with Crippen LogP contribution in [0.15, 0.2) is 182 Å². The largest absolute Gasteiger partial charge is 0.0616 e. The first-order valence-corrected chi connectivity index (χ1v) is 18.7. The number of fused-ring (bicyclic) bond motifs is 9. The van der Waals surface area contributed by atoms with E-state index in [0.717, 1.165) is 0 Å². The third kappa shape index (κ3) is 4.36. The standard InChI is InChI=1S/C53H36/c1-53(2)48-24-12-21-39(52(48)47-31-36-14-3-4-15-37(36)32-49(47)53)34-25-27-35(28-26-34)50-43-17-7-9-19-45(43)51(46-20-10-8-18-44(46)50)42-23-11-22-40-38-16-6-5-13-33(38)29-30-41(40)42/h3-32H,1-2H3. The minimum atomic E-state index is -0.0681. The van der Waals surface area contributed by atoms with Gasteiger partial charge in [-0.2, -0.15) is 0 Å². The van der Waals surface area contributed by atoms with Crippen LogP contribution in [0, 0.1) is 0 Å². The van der Waals surface area contributed by atoms with Gasteiger partial charge >= 0.3 is 0 Å². The molecule has 10 aromatic rings. The van der Waals surface area contributed by atoms with E-state index in [1.54, 1.807) is 0 Å². The molecule has 0 heterocycles. The number of rotatable bonds is 3. The van der Waals surface area contributed by atoms with Gasteiger partial charge in [-0.15, -0.1) is 0 Å². The monoisotopic (exact) mass is 672 g/mol. The Morgan fingerprint density at radius 2 is 0.811 bits per heavy atom. The zero-order chi connectivity index (χ0) is 35.3. The summed E-state index contributed by atoms with van der Waals surface area (Å²) in [4.78, 5) is 0. The van der Waals surface area contributed by atoms with E-state index in [0.29, 0.717) is 0 Å². The molecule has 0 unspecified atom stereocenters. The van der Waals surface area contributed by atoms with E-state index in [-0.39, 0.29) is 5.41 Å².